The molecule has 0 spiro atoms. The maximum absolute atomic E-state index is 14.1. The van der Waals surface area contributed by atoms with Crippen molar-refractivity contribution in [1.29, 1.82) is 0 Å². The summed E-state index contributed by atoms with van der Waals surface area (Å²) >= 11 is 0. The Bertz CT molecular complexity index is 2020. The number of ether oxygens (including phenoxy) is 7. The van der Waals surface area contributed by atoms with E-state index in [1.165, 1.54) is 68.2 Å². The van der Waals surface area contributed by atoms with Crippen LogP contribution in [0.4, 0.5) is 16.2 Å². The number of esters is 2. The minimum atomic E-state index is -0.829. The van der Waals surface area contributed by atoms with Crippen LogP contribution in [0.15, 0.2) is 84.8 Å². The minimum absolute atomic E-state index is 0.0285. The Morgan fingerprint density at radius 1 is 0.746 bits per heavy atom. The standard InChI is InChI=1S/C43H52N4O12/c1-8-12-29-17-31(25-58-27(4)48)46(23-29)41(50)33-19-37(53-6)39(21-35(33)44)55-15-11-16-56-40-22-36(45-43(52)57-14-10-3)34(20-38(40)54-7)42(51)47-24-30(13-9-2)18-32(47)26-59-28(5)49/h8-10,12-13,19-24,31-32H,3,11,14-18,25-26,44H2,1-2,4-7H3,(H,45,52)/t31-,32-/m0/s1. The van der Waals surface area contributed by atoms with Gasteiger partial charge in [-0.1, -0.05) is 37.0 Å². The van der Waals surface area contributed by atoms with E-state index < -0.39 is 36.0 Å². The van der Waals surface area contributed by atoms with Gasteiger partial charge in [0.05, 0.1) is 56.3 Å². The number of nitrogens with one attached hydrogen (secondary N) is 1. The molecule has 0 unspecified atom stereocenters. The van der Waals surface area contributed by atoms with Gasteiger partial charge in [-0.2, -0.15) is 0 Å². The number of hydrogen-bond acceptors (Lipinski definition) is 13. The molecule has 2 aliphatic rings. The van der Waals surface area contributed by atoms with E-state index in [-0.39, 0.29) is 78.7 Å². The number of methoxy groups -OCH3 is 2. The number of carbonyl (C=O) groups is 5. The summed E-state index contributed by atoms with van der Waals surface area (Å²) in [6.07, 6.45) is 12.7. The molecule has 2 atom stereocenters. The van der Waals surface area contributed by atoms with Gasteiger partial charge in [-0.25, -0.2) is 4.79 Å². The first-order valence-electron chi connectivity index (χ1n) is 18.9. The van der Waals surface area contributed by atoms with Crippen molar-refractivity contribution < 1.29 is 57.1 Å². The highest BCUT2D eigenvalue weighted by Gasteiger charge is 2.34. The predicted molar refractivity (Wildman–Crippen MR) is 219 cm³/mol. The molecule has 2 aromatic carbocycles. The molecule has 0 bridgehead atoms. The van der Waals surface area contributed by atoms with Crippen LogP contribution in [0.1, 0.15) is 67.7 Å². The number of nitrogens with zero attached hydrogens (tertiary/aromatic N) is 2. The zero-order valence-electron chi connectivity index (χ0n) is 34.2. The monoisotopic (exact) mass is 816 g/mol. The van der Waals surface area contributed by atoms with Gasteiger partial charge in [0.15, 0.2) is 23.0 Å². The lowest BCUT2D eigenvalue weighted by Crippen LogP contribution is -2.37. The normalized spacial score (nSPS) is 16.0. The van der Waals surface area contributed by atoms with E-state index in [9.17, 15) is 24.0 Å². The molecule has 316 valence electrons. The van der Waals surface area contributed by atoms with E-state index >= 15 is 0 Å². The number of benzene rings is 2. The fourth-order valence-electron chi connectivity index (χ4n) is 6.35. The Kier molecular flexibility index (Phi) is 16.6. The van der Waals surface area contributed by atoms with Crippen molar-refractivity contribution >= 4 is 41.2 Å². The molecule has 0 saturated carbocycles. The highest BCUT2D eigenvalue weighted by molar-refractivity contribution is 6.04. The number of nitrogens with two attached hydrogens (primary N) is 1. The molecule has 59 heavy (non-hydrogen) atoms. The Morgan fingerprint density at radius 3 is 1.71 bits per heavy atom. The third kappa shape index (κ3) is 12.1. The molecule has 16 nitrogen and oxygen atoms in total. The topological polar surface area (TPSA) is 194 Å². The molecule has 3 N–H and O–H groups in total. The van der Waals surface area contributed by atoms with Gasteiger partial charge < -0.3 is 48.7 Å². The summed E-state index contributed by atoms with van der Waals surface area (Å²) in [7, 11) is 2.86. The van der Waals surface area contributed by atoms with Crippen molar-refractivity contribution in [3.63, 3.8) is 0 Å². The summed E-state index contributed by atoms with van der Waals surface area (Å²) in [6.45, 7) is 10.1. The van der Waals surface area contributed by atoms with E-state index in [1.807, 2.05) is 38.2 Å². The van der Waals surface area contributed by atoms with Crippen LogP contribution in [0.25, 0.3) is 0 Å². The van der Waals surface area contributed by atoms with Gasteiger partial charge in [-0.3, -0.25) is 24.5 Å². The Hall–Kier alpha value is -6.71. The molecule has 0 radical (unpaired) electrons. The zero-order chi connectivity index (χ0) is 43.1. The first kappa shape index (κ1) is 45.0. The fourth-order valence-corrected chi connectivity index (χ4v) is 6.35. The molecule has 0 aliphatic carbocycles. The van der Waals surface area contributed by atoms with Crippen LogP contribution in [0.5, 0.6) is 23.0 Å². The number of hydrogen-bond donors (Lipinski definition) is 2. The van der Waals surface area contributed by atoms with Gasteiger partial charge in [0, 0.05) is 50.5 Å². The first-order valence-corrected chi connectivity index (χ1v) is 18.9. The SMILES string of the molecule is C=CCOC(=O)Nc1cc(OCCCOc2cc(N)c(C(=O)N3C=C(C=CC)C[C@H]3COC(C)=O)cc2OC)c(OC)cc1C(=O)N1C=C(C=CC)C[C@H]1COC(C)=O. The smallest absolute Gasteiger partial charge is 0.411 e. The van der Waals surface area contributed by atoms with Gasteiger partial charge in [0.1, 0.15) is 19.8 Å². The number of rotatable bonds is 19. The largest absolute Gasteiger partial charge is 0.493 e. The van der Waals surface area contributed by atoms with Gasteiger partial charge in [-0.05, 0) is 50.0 Å². The van der Waals surface area contributed by atoms with E-state index in [4.69, 9.17) is 38.9 Å². The summed E-state index contributed by atoms with van der Waals surface area (Å²) in [6, 6.07) is 5.04. The molecule has 2 heterocycles. The maximum Gasteiger partial charge on any atom is 0.411 e. The highest BCUT2D eigenvalue weighted by Crippen LogP contribution is 2.37. The van der Waals surface area contributed by atoms with Crippen LogP contribution in [0.3, 0.4) is 0 Å². The average Bonchev–Trinajstić information content (AvgIpc) is 3.81. The number of nitrogen functional groups attached to an aromatic ring is 1. The Balaban J connectivity index is 1.50. The second-order valence-corrected chi connectivity index (χ2v) is 13.4. The molecule has 0 aromatic heterocycles. The summed E-state index contributed by atoms with van der Waals surface area (Å²) in [5, 5.41) is 2.62. The van der Waals surface area contributed by atoms with E-state index in [2.05, 4.69) is 11.9 Å². The zero-order valence-corrected chi connectivity index (χ0v) is 34.2. The van der Waals surface area contributed by atoms with Crippen molar-refractivity contribution in [2.24, 2.45) is 0 Å². The molecule has 0 saturated heterocycles. The van der Waals surface area contributed by atoms with Crippen molar-refractivity contribution in [2.45, 2.75) is 59.0 Å². The summed E-state index contributed by atoms with van der Waals surface area (Å²) in [5.41, 5.74) is 8.64. The Morgan fingerprint density at radius 2 is 1.24 bits per heavy atom. The lowest BCUT2D eigenvalue weighted by Gasteiger charge is -2.25. The van der Waals surface area contributed by atoms with Gasteiger partial charge in [-0.15, -0.1) is 0 Å². The number of anilines is 2. The number of allylic oxidation sites excluding steroid dienone is 4. The van der Waals surface area contributed by atoms with Crippen LogP contribution >= 0.6 is 0 Å². The average molecular weight is 817 g/mol. The molecule has 4 rings (SSSR count). The highest BCUT2D eigenvalue weighted by atomic mass is 16.6. The second kappa shape index (κ2) is 21.7. The molecular formula is C43H52N4O12. The van der Waals surface area contributed by atoms with E-state index in [0.29, 0.717) is 25.0 Å². The summed E-state index contributed by atoms with van der Waals surface area (Å²) in [4.78, 5) is 66.7. The molecule has 2 aromatic rings. The van der Waals surface area contributed by atoms with E-state index in [0.717, 1.165) is 11.1 Å². The second-order valence-electron chi connectivity index (χ2n) is 13.4. The van der Waals surface area contributed by atoms with E-state index in [1.54, 1.807) is 12.4 Å². The van der Waals surface area contributed by atoms with Gasteiger partial charge in [0.25, 0.3) is 11.8 Å². The Labute approximate surface area is 343 Å². The predicted octanol–water partition coefficient (Wildman–Crippen LogP) is 6.34. The summed E-state index contributed by atoms with van der Waals surface area (Å²) in [5.74, 6) is -0.794. The van der Waals surface area contributed by atoms with Crippen molar-refractivity contribution in [1.82, 2.24) is 9.80 Å². The fraction of sp³-hybridized carbons (Fsp3) is 0.372. The lowest BCUT2D eigenvalue weighted by atomic mass is 10.1. The van der Waals surface area contributed by atoms with Crippen LogP contribution in [0.2, 0.25) is 0 Å². The van der Waals surface area contributed by atoms with Crippen molar-refractivity contribution in [3.8, 4) is 23.0 Å². The van der Waals surface area contributed by atoms with Crippen LogP contribution in [-0.4, -0.2) is 99.0 Å². The molecular weight excluding hydrogens is 764 g/mol. The van der Waals surface area contributed by atoms with Gasteiger partial charge in [0.2, 0.25) is 0 Å². The van der Waals surface area contributed by atoms with Crippen molar-refractivity contribution in [2.75, 3.05) is 58.3 Å². The maximum atomic E-state index is 14.1. The molecule has 0 fully saturated rings. The van der Waals surface area contributed by atoms with Crippen LogP contribution in [-0.2, 0) is 23.8 Å². The molecule has 2 aliphatic heterocycles. The van der Waals surface area contributed by atoms with Crippen molar-refractivity contribution in [3.05, 3.63) is 95.9 Å². The third-order valence-electron chi connectivity index (χ3n) is 9.00. The minimum Gasteiger partial charge on any atom is -0.493 e. The van der Waals surface area contributed by atoms with Gasteiger partial charge >= 0.3 is 18.0 Å². The quantitative estimate of drug-likeness (QED) is 0.0525. The first-order chi connectivity index (χ1) is 28.3. The number of amides is 3. The lowest BCUT2D eigenvalue weighted by molar-refractivity contribution is -0.143. The molecule has 16 heteroatoms. The summed E-state index contributed by atoms with van der Waals surface area (Å²) < 4.78 is 38.8. The van der Waals surface area contributed by atoms with Crippen LogP contribution < -0.4 is 30.0 Å². The van der Waals surface area contributed by atoms with Crippen LogP contribution in [0, 0.1) is 0 Å². The third-order valence-corrected chi connectivity index (χ3v) is 9.00. The number of carbonyl (C=O) groups excluding carboxylic acids is 5. The molecule has 3 amide bonds.